The first-order valence-corrected chi connectivity index (χ1v) is 17.8. The van der Waals surface area contributed by atoms with Crippen molar-refractivity contribution in [3.05, 3.63) is 168 Å². The molecule has 0 amide bonds. The highest BCUT2D eigenvalue weighted by atomic mass is 15.0. The Morgan fingerprint density at radius 3 is 1.00 bits per heavy atom. The molecule has 0 atom stereocenters. The number of benzene rings is 7. The molecule has 0 aliphatic heterocycles. The third-order valence-electron chi connectivity index (χ3n) is 12.1. The molecule has 2 aliphatic carbocycles. The van der Waals surface area contributed by atoms with Crippen LogP contribution in [0.5, 0.6) is 0 Å². The summed E-state index contributed by atoms with van der Waals surface area (Å²) in [5.74, 6) is 0. The summed E-state index contributed by atoms with van der Waals surface area (Å²) in [6.07, 6.45) is 0. The SMILES string of the molecule is CC1(C)c2ccc(-n3c4ccccc4c4ccccc43)cc2-c2ccc3c(c21)C(C)(C)c1ccc(-n2c4ccccc4c4ccccc42)cc1-3. The Bertz CT molecular complexity index is 2620. The lowest BCUT2D eigenvalue weighted by atomic mass is 9.72. The van der Waals surface area contributed by atoms with Crippen molar-refractivity contribution in [2.45, 2.75) is 38.5 Å². The van der Waals surface area contributed by atoms with Crippen LogP contribution >= 0.6 is 0 Å². The van der Waals surface area contributed by atoms with E-state index in [1.807, 2.05) is 0 Å². The molecule has 2 heterocycles. The smallest absolute Gasteiger partial charge is 0.0541 e. The second-order valence-electron chi connectivity index (χ2n) is 15.4. The van der Waals surface area contributed by atoms with Gasteiger partial charge in [-0.05, 0) is 93.0 Å². The van der Waals surface area contributed by atoms with Gasteiger partial charge in [0.15, 0.2) is 0 Å². The van der Waals surface area contributed by atoms with Gasteiger partial charge in [-0.1, -0.05) is 125 Å². The molecule has 0 saturated heterocycles. The number of hydrogen-bond donors (Lipinski definition) is 0. The van der Waals surface area contributed by atoms with Crippen molar-refractivity contribution in [1.82, 2.24) is 9.13 Å². The standard InChI is InChI=1S/C48H36N2/c1-47(2)39-25-21-29(49-41-17-9-5-13-31(41)32-14-6-10-18-42(32)49)27-37(39)35-23-24-36-38-28-30(22-26-40(38)48(3,4)46(36)45(35)47)50-43-19-11-7-15-33(43)34-16-8-12-20-44(34)50/h5-28H,1-4H3. The molecule has 11 rings (SSSR count). The Balaban J connectivity index is 1.12. The van der Waals surface area contributed by atoms with Crippen LogP contribution in [0, 0.1) is 0 Å². The van der Waals surface area contributed by atoms with Crippen LogP contribution < -0.4 is 0 Å². The van der Waals surface area contributed by atoms with E-state index in [4.69, 9.17) is 0 Å². The van der Waals surface area contributed by atoms with Gasteiger partial charge in [-0.15, -0.1) is 0 Å². The van der Waals surface area contributed by atoms with Gasteiger partial charge < -0.3 is 9.13 Å². The predicted molar refractivity (Wildman–Crippen MR) is 210 cm³/mol. The molecule has 9 aromatic rings. The first-order valence-electron chi connectivity index (χ1n) is 17.8. The fraction of sp³-hybridized carbons (Fsp3) is 0.125. The average Bonchev–Trinajstić information content (AvgIpc) is 3.80. The first kappa shape index (κ1) is 28.0. The molecule has 0 N–H and O–H groups in total. The molecule has 2 nitrogen and oxygen atoms in total. The molecular weight excluding hydrogens is 605 g/mol. The topological polar surface area (TPSA) is 9.86 Å². The summed E-state index contributed by atoms with van der Waals surface area (Å²) in [4.78, 5) is 0. The summed E-state index contributed by atoms with van der Waals surface area (Å²) in [5, 5.41) is 5.17. The maximum Gasteiger partial charge on any atom is 0.0541 e. The van der Waals surface area contributed by atoms with E-state index in [0.29, 0.717) is 0 Å². The fourth-order valence-corrected chi connectivity index (χ4v) is 9.90. The second-order valence-corrected chi connectivity index (χ2v) is 15.4. The van der Waals surface area contributed by atoms with Crippen LogP contribution in [0.15, 0.2) is 146 Å². The molecule has 0 radical (unpaired) electrons. The van der Waals surface area contributed by atoms with E-state index in [1.54, 1.807) is 0 Å². The van der Waals surface area contributed by atoms with E-state index >= 15 is 0 Å². The number of fused-ring (bicyclic) bond motifs is 13. The molecule has 0 fully saturated rings. The van der Waals surface area contributed by atoms with Crippen molar-refractivity contribution in [1.29, 1.82) is 0 Å². The largest absolute Gasteiger partial charge is 0.309 e. The van der Waals surface area contributed by atoms with E-state index in [0.717, 1.165) is 0 Å². The van der Waals surface area contributed by atoms with Crippen molar-refractivity contribution >= 4 is 43.6 Å². The van der Waals surface area contributed by atoms with Crippen molar-refractivity contribution in [3.63, 3.8) is 0 Å². The zero-order valence-corrected chi connectivity index (χ0v) is 28.8. The monoisotopic (exact) mass is 640 g/mol. The van der Waals surface area contributed by atoms with Crippen LogP contribution in [0.4, 0.5) is 0 Å². The van der Waals surface area contributed by atoms with Crippen LogP contribution in [-0.4, -0.2) is 9.13 Å². The molecule has 7 aromatic carbocycles. The number of aromatic nitrogens is 2. The molecule has 50 heavy (non-hydrogen) atoms. The van der Waals surface area contributed by atoms with Crippen LogP contribution in [-0.2, 0) is 10.8 Å². The molecule has 0 bridgehead atoms. The second kappa shape index (κ2) is 9.43. The van der Waals surface area contributed by atoms with Gasteiger partial charge in [0.05, 0.1) is 22.1 Å². The van der Waals surface area contributed by atoms with Gasteiger partial charge in [-0.2, -0.15) is 0 Å². The van der Waals surface area contributed by atoms with Crippen LogP contribution in [0.25, 0.3) is 77.2 Å². The van der Waals surface area contributed by atoms with Crippen molar-refractivity contribution in [2.24, 2.45) is 0 Å². The van der Waals surface area contributed by atoms with Crippen molar-refractivity contribution in [2.75, 3.05) is 0 Å². The Hall–Kier alpha value is -5.86. The zero-order valence-electron chi connectivity index (χ0n) is 28.8. The van der Waals surface area contributed by atoms with Crippen molar-refractivity contribution in [3.8, 4) is 33.6 Å². The number of hydrogen-bond acceptors (Lipinski definition) is 0. The summed E-state index contributed by atoms with van der Waals surface area (Å²) in [7, 11) is 0. The summed E-state index contributed by atoms with van der Waals surface area (Å²) in [6, 6.07) is 54.4. The highest BCUT2D eigenvalue weighted by Crippen LogP contribution is 2.59. The predicted octanol–water partition coefficient (Wildman–Crippen LogP) is 12.5. The molecule has 238 valence electrons. The first-order chi connectivity index (χ1) is 24.3. The lowest BCUT2D eigenvalue weighted by molar-refractivity contribution is 0.601. The summed E-state index contributed by atoms with van der Waals surface area (Å²) >= 11 is 0. The van der Waals surface area contributed by atoms with Gasteiger partial charge in [0, 0.05) is 43.7 Å². The van der Waals surface area contributed by atoms with Gasteiger partial charge in [-0.3, -0.25) is 0 Å². The zero-order chi connectivity index (χ0) is 33.5. The maximum atomic E-state index is 2.45. The van der Waals surface area contributed by atoms with Gasteiger partial charge in [-0.25, -0.2) is 0 Å². The number of nitrogens with zero attached hydrogens (tertiary/aromatic N) is 2. The summed E-state index contributed by atoms with van der Waals surface area (Å²) in [5.41, 5.74) is 18.3. The third-order valence-corrected chi connectivity index (χ3v) is 12.1. The minimum absolute atomic E-state index is 0.135. The third kappa shape index (κ3) is 3.39. The summed E-state index contributed by atoms with van der Waals surface area (Å²) in [6.45, 7) is 9.72. The number of rotatable bonds is 2. The highest BCUT2D eigenvalue weighted by molar-refractivity contribution is 6.10. The Morgan fingerprint density at radius 1 is 0.340 bits per heavy atom. The van der Waals surface area contributed by atoms with Crippen LogP contribution in [0.3, 0.4) is 0 Å². The molecule has 0 saturated carbocycles. The van der Waals surface area contributed by atoms with E-state index < -0.39 is 0 Å². The minimum Gasteiger partial charge on any atom is -0.309 e. The fourth-order valence-electron chi connectivity index (χ4n) is 9.90. The lowest BCUT2D eigenvalue weighted by Gasteiger charge is -2.30. The van der Waals surface area contributed by atoms with Crippen LogP contribution in [0.1, 0.15) is 49.9 Å². The van der Waals surface area contributed by atoms with Gasteiger partial charge in [0.1, 0.15) is 0 Å². The lowest BCUT2D eigenvalue weighted by Crippen LogP contribution is -2.24. The molecule has 2 heteroatoms. The molecule has 0 spiro atoms. The van der Waals surface area contributed by atoms with Gasteiger partial charge >= 0.3 is 0 Å². The molecular formula is C48H36N2. The van der Waals surface area contributed by atoms with Gasteiger partial charge in [0.25, 0.3) is 0 Å². The molecule has 0 unspecified atom stereocenters. The van der Waals surface area contributed by atoms with E-state index in [2.05, 4.69) is 182 Å². The highest BCUT2D eigenvalue weighted by Gasteiger charge is 2.46. The normalized spacial score (nSPS) is 15.1. The van der Waals surface area contributed by atoms with Gasteiger partial charge in [0.2, 0.25) is 0 Å². The van der Waals surface area contributed by atoms with E-state index in [1.165, 1.54) is 99.5 Å². The van der Waals surface area contributed by atoms with E-state index in [9.17, 15) is 0 Å². The quantitative estimate of drug-likeness (QED) is 0.178. The maximum absolute atomic E-state index is 2.45. The van der Waals surface area contributed by atoms with Crippen LogP contribution in [0.2, 0.25) is 0 Å². The Morgan fingerprint density at radius 2 is 0.660 bits per heavy atom. The average molecular weight is 641 g/mol. The molecule has 2 aliphatic rings. The molecule has 2 aromatic heterocycles. The van der Waals surface area contributed by atoms with E-state index in [-0.39, 0.29) is 10.8 Å². The Labute approximate surface area is 291 Å². The summed E-state index contributed by atoms with van der Waals surface area (Å²) < 4.78 is 4.89. The minimum atomic E-state index is -0.135. The van der Waals surface area contributed by atoms with Crippen molar-refractivity contribution < 1.29 is 0 Å². The number of para-hydroxylation sites is 4. The Kier molecular flexibility index (Phi) is 5.28.